The first kappa shape index (κ1) is 15.6. The fourth-order valence-corrected chi connectivity index (χ4v) is 1.87. The van der Waals surface area contributed by atoms with Crippen LogP contribution in [-0.2, 0) is 11.8 Å². The molecule has 22 heavy (non-hydrogen) atoms. The van der Waals surface area contributed by atoms with Crippen molar-refractivity contribution in [2.75, 3.05) is 11.9 Å². The van der Waals surface area contributed by atoms with Gasteiger partial charge in [0.25, 0.3) is 5.91 Å². The van der Waals surface area contributed by atoms with Crippen molar-refractivity contribution in [1.82, 2.24) is 9.78 Å². The molecule has 1 aromatic heterocycles. The summed E-state index contributed by atoms with van der Waals surface area (Å²) in [7, 11) is 1.77. The second-order valence-electron chi connectivity index (χ2n) is 4.78. The number of aryl methyl sites for hydroxylation is 1. The fourth-order valence-electron chi connectivity index (χ4n) is 1.87. The third-order valence-electron chi connectivity index (χ3n) is 3.22. The summed E-state index contributed by atoms with van der Waals surface area (Å²) in [5.74, 6) is -0.220. The molecule has 2 aromatic rings. The van der Waals surface area contributed by atoms with E-state index in [4.69, 9.17) is 10.5 Å². The molecule has 3 N–H and O–H groups in total. The van der Waals surface area contributed by atoms with Gasteiger partial charge >= 0.3 is 0 Å². The van der Waals surface area contributed by atoms with Crippen LogP contribution in [-0.4, -0.2) is 28.2 Å². The van der Waals surface area contributed by atoms with Gasteiger partial charge in [-0.15, -0.1) is 0 Å². The van der Waals surface area contributed by atoms with Gasteiger partial charge in [0.05, 0.1) is 30.5 Å². The highest BCUT2D eigenvalue weighted by molar-refractivity contribution is 6.05. The molecule has 1 heterocycles. The summed E-state index contributed by atoms with van der Waals surface area (Å²) < 4.78 is 7.11. The molecule has 2 rings (SSSR count). The molecule has 0 fully saturated rings. The molecular formula is C15H18N4O3. The maximum Gasteiger partial charge on any atom is 0.259 e. The lowest BCUT2D eigenvalue weighted by Crippen LogP contribution is -2.16. The molecule has 0 aliphatic rings. The van der Waals surface area contributed by atoms with Crippen molar-refractivity contribution >= 4 is 17.5 Å². The molecule has 7 heteroatoms. The van der Waals surface area contributed by atoms with Gasteiger partial charge in [0.1, 0.15) is 5.75 Å². The molecule has 0 radical (unpaired) electrons. The summed E-state index contributed by atoms with van der Waals surface area (Å²) >= 11 is 0. The number of hydrogen-bond acceptors (Lipinski definition) is 4. The van der Waals surface area contributed by atoms with Crippen LogP contribution in [0.2, 0.25) is 0 Å². The normalized spacial score (nSPS) is 10.3. The summed E-state index contributed by atoms with van der Waals surface area (Å²) in [5, 5.41) is 6.83. The molecular weight excluding hydrogens is 284 g/mol. The number of ether oxygens (including phenoxy) is 1. The van der Waals surface area contributed by atoms with Crippen molar-refractivity contribution < 1.29 is 14.3 Å². The van der Waals surface area contributed by atoms with E-state index in [9.17, 15) is 9.59 Å². The SMILES string of the molecule is Cc1c(C(=O)Nc2ccccc2OCCC(N)=O)cnn1C. The lowest BCUT2D eigenvalue weighted by Gasteiger charge is -2.11. The molecule has 0 saturated heterocycles. The van der Waals surface area contributed by atoms with Crippen LogP contribution in [0.15, 0.2) is 30.5 Å². The van der Waals surface area contributed by atoms with E-state index < -0.39 is 5.91 Å². The van der Waals surface area contributed by atoms with Crippen molar-refractivity contribution in [1.29, 1.82) is 0 Å². The summed E-state index contributed by atoms with van der Waals surface area (Å²) in [6, 6.07) is 7.01. The number of nitrogens with one attached hydrogen (secondary N) is 1. The monoisotopic (exact) mass is 302 g/mol. The molecule has 0 unspecified atom stereocenters. The first-order chi connectivity index (χ1) is 10.5. The number of primary amides is 1. The Hall–Kier alpha value is -2.83. The molecule has 1 aromatic carbocycles. The minimum Gasteiger partial charge on any atom is -0.491 e. The van der Waals surface area contributed by atoms with E-state index in [0.717, 1.165) is 5.69 Å². The Kier molecular flexibility index (Phi) is 4.77. The van der Waals surface area contributed by atoms with Crippen molar-refractivity contribution in [3.8, 4) is 5.75 Å². The first-order valence-corrected chi connectivity index (χ1v) is 6.79. The van der Waals surface area contributed by atoms with Gasteiger partial charge in [-0.1, -0.05) is 12.1 Å². The topological polar surface area (TPSA) is 99.2 Å². The maximum absolute atomic E-state index is 12.3. The quantitative estimate of drug-likeness (QED) is 0.838. The number of nitrogens with zero attached hydrogens (tertiary/aromatic N) is 2. The lowest BCUT2D eigenvalue weighted by molar-refractivity contribution is -0.118. The van der Waals surface area contributed by atoms with Crippen LogP contribution in [0.5, 0.6) is 5.75 Å². The first-order valence-electron chi connectivity index (χ1n) is 6.79. The summed E-state index contributed by atoms with van der Waals surface area (Å²) in [4.78, 5) is 23.0. The van der Waals surface area contributed by atoms with Crippen LogP contribution in [0.25, 0.3) is 0 Å². The van der Waals surface area contributed by atoms with Crippen LogP contribution < -0.4 is 15.8 Å². The molecule has 116 valence electrons. The average molecular weight is 302 g/mol. The number of amides is 2. The zero-order valence-corrected chi connectivity index (χ0v) is 12.5. The average Bonchev–Trinajstić information content (AvgIpc) is 2.80. The maximum atomic E-state index is 12.3. The van der Waals surface area contributed by atoms with Gasteiger partial charge in [0, 0.05) is 12.7 Å². The third-order valence-corrected chi connectivity index (χ3v) is 3.22. The number of rotatable bonds is 6. The highest BCUT2D eigenvalue weighted by atomic mass is 16.5. The van der Waals surface area contributed by atoms with Gasteiger partial charge in [0.2, 0.25) is 5.91 Å². The Morgan fingerprint density at radius 2 is 2.09 bits per heavy atom. The van der Waals surface area contributed by atoms with Crippen LogP contribution in [0.4, 0.5) is 5.69 Å². The van der Waals surface area contributed by atoms with Crippen LogP contribution >= 0.6 is 0 Å². The van der Waals surface area contributed by atoms with E-state index in [1.807, 2.05) is 6.92 Å². The molecule has 0 aliphatic heterocycles. The third kappa shape index (κ3) is 3.63. The number of hydrogen-bond donors (Lipinski definition) is 2. The molecule has 0 bridgehead atoms. The molecule has 7 nitrogen and oxygen atoms in total. The van der Waals surface area contributed by atoms with E-state index in [1.165, 1.54) is 6.20 Å². The predicted octanol–water partition coefficient (Wildman–Crippen LogP) is 1.24. The number of aromatic nitrogens is 2. The fraction of sp³-hybridized carbons (Fsp3) is 0.267. The van der Waals surface area contributed by atoms with Crippen LogP contribution in [0.1, 0.15) is 22.5 Å². The molecule has 0 spiro atoms. The lowest BCUT2D eigenvalue weighted by atomic mass is 10.2. The standard InChI is InChI=1S/C15H18N4O3/c1-10-11(9-17-19(10)2)15(21)18-12-5-3-4-6-13(12)22-8-7-14(16)20/h3-6,9H,7-8H2,1-2H3,(H2,16,20)(H,18,21). The Morgan fingerprint density at radius 3 is 2.73 bits per heavy atom. The van der Waals surface area contributed by atoms with E-state index in [0.29, 0.717) is 17.0 Å². The van der Waals surface area contributed by atoms with Gasteiger partial charge in [-0.25, -0.2) is 0 Å². The molecule has 0 saturated carbocycles. The van der Waals surface area contributed by atoms with Gasteiger partial charge in [-0.2, -0.15) is 5.10 Å². The van der Waals surface area contributed by atoms with Gasteiger partial charge in [-0.05, 0) is 19.1 Å². The predicted molar refractivity (Wildman–Crippen MR) is 81.6 cm³/mol. The second kappa shape index (κ2) is 6.75. The van der Waals surface area contributed by atoms with E-state index in [-0.39, 0.29) is 18.9 Å². The Morgan fingerprint density at radius 1 is 1.36 bits per heavy atom. The van der Waals surface area contributed by atoms with E-state index in [1.54, 1.807) is 36.0 Å². The highest BCUT2D eigenvalue weighted by Crippen LogP contribution is 2.24. The number of anilines is 1. The zero-order chi connectivity index (χ0) is 16.1. The Bertz CT molecular complexity index is 694. The largest absolute Gasteiger partial charge is 0.491 e. The van der Waals surface area contributed by atoms with E-state index in [2.05, 4.69) is 10.4 Å². The molecule has 2 amide bonds. The van der Waals surface area contributed by atoms with Gasteiger partial charge in [-0.3, -0.25) is 14.3 Å². The van der Waals surface area contributed by atoms with Crippen LogP contribution in [0, 0.1) is 6.92 Å². The van der Waals surface area contributed by atoms with Gasteiger partial charge < -0.3 is 15.8 Å². The number of benzene rings is 1. The second-order valence-corrected chi connectivity index (χ2v) is 4.78. The highest BCUT2D eigenvalue weighted by Gasteiger charge is 2.14. The number of carbonyl (C=O) groups is 2. The molecule has 0 aliphatic carbocycles. The number of carbonyl (C=O) groups excluding carboxylic acids is 2. The van der Waals surface area contributed by atoms with Crippen molar-refractivity contribution in [2.24, 2.45) is 12.8 Å². The summed E-state index contributed by atoms with van der Waals surface area (Å²) in [5.41, 5.74) is 6.86. The smallest absolute Gasteiger partial charge is 0.259 e. The Labute approximate surface area is 128 Å². The van der Waals surface area contributed by atoms with Crippen molar-refractivity contribution in [3.63, 3.8) is 0 Å². The Balaban J connectivity index is 2.10. The molecule has 0 atom stereocenters. The zero-order valence-electron chi connectivity index (χ0n) is 12.5. The summed E-state index contributed by atoms with van der Waals surface area (Å²) in [6.07, 6.45) is 1.63. The van der Waals surface area contributed by atoms with Crippen molar-refractivity contribution in [3.05, 3.63) is 41.7 Å². The number of para-hydroxylation sites is 2. The minimum absolute atomic E-state index is 0.115. The van der Waals surface area contributed by atoms with Crippen molar-refractivity contribution in [2.45, 2.75) is 13.3 Å². The summed E-state index contributed by atoms with van der Waals surface area (Å²) in [6.45, 7) is 1.98. The van der Waals surface area contributed by atoms with Gasteiger partial charge in [0.15, 0.2) is 0 Å². The minimum atomic E-state index is -0.437. The number of nitrogens with two attached hydrogens (primary N) is 1. The van der Waals surface area contributed by atoms with Crippen LogP contribution in [0.3, 0.4) is 0 Å². The van der Waals surface area contributed by atoms with E-state index >= 15 is 0 Å².